The second-order valence-corrected chi connectivity index (χ2v) is 4.90. The van der Waals surface area contributed by atoms with Gasteiger partial charge in [-0.15, -0.1) is 0 Å². The van der Waals surface area contributed by atoms with Gasteiger partial charge in [0.2, 0.25) is 0 Å². The van der Waals surface area contributed by atoms with Crippen molar-refractivity contribution in [2.75, 3.05) is 36.8 Å². The predicted octanol–water partition coefficient (Wildman–Crippen LogP) is 2.38. The summed E-state index contributed by atoms with van der Waals surface area (Å²) in [5.41, 5.74) is 6.88. The third kappa shape index (κ3) is 2.57. The number of halogens is 2. The SMILES string of the molecule is Nc1cc(Cl)c(N2CCN(C(=O)O)CC2)c(Cl)c1. The average Bonchev–Trinajstić information content (AvgIpc) is 2.28. The summed E-state index contributed by atoms with van der Waals surface area (Å²) in [6.45, 7) is 2.00. The molecule has 0 saturated carbocycles. The summed E-state index contributed by atoms with van der Waals surface area (Å²) in [7, 11) is 0. The first-order valence-corrected chi connectivity index (χ1v) is 6.22. The van der Waals surface area contributed by atoms with Crippen molar-refractivity contribution in [1.29, 1.82) is 0 Å². The summed E-state index contributed by atoms with van der Waals surface area (Å²) >= 11 is 12.3. The lowest BCUT2D eigenvalue weighted by molar-refractivity contribution is 0.142. The quantitative estimate of drug-likeness (QED) is 0.779. The number of carbonyl (C=O) groups is 1. The highest BCUT2D eigenvalue weighted by Crippen LogP contribution is 2.36. The van der Waals surface area contributed by atoms with Crippen LogP contribution in [0.1, 0.15) is 0 Å². The molecule has 98 valence electrons. The van der Waals surface area contributed by atoms with Gasteiger partial charge in [0.15, 0.2) is 0 Å². The van der Waals surface area contributed by atoms with Gasteiger partial charge in [0.25, 0.3) is 0 Å². The average molecular weight is 290 g/mol. The third-order valence-corrected chi connectivity index (χ3v) is 3.48. The van der Waals surface area contributed by atoms with Gasteiger partial charge >= 0.3 is 6.09 Å². The van der Waals surface area contributed by atoms with Gasteiger partial charge in [-0.2, -0.15) is 0 Å². The molecule has 1 fully saturated rings. The van der Waals surface area contributed by atoms with Crippen molar-refractivity contribution < 1.29 is 9.90 Å². The van der Waals surface area contributed by atoms with Crippen LogP contribution in [-0.2, 0) is 0 Å². The van der Waals surface area contributed by atoms with Crippen LogP contribution in [0.3, 0.4) is 0 Å². The number of rotatable bonds is 1. The Kier molecular flexibility index (Phi) is 3.73. The number of nitrogen functional groups attached to an aromatic ring is 1. The maximum Gasteiger partial charge on any atom is 0.407 e. The molecule has 0 radical (unpaired) electrons. The smallest absolute Gasteiger partial charge is 0.407 e. The van der Waals surface area contributed by atoms with Crippen molar-refractivity contribution in [3.8, 4) is 0 Å². The van der Waals surface area contributed by atoms with Gasteiger partial charge < -0.3 is 20.6 Å². The van der Waals surface area contributed by atoms with Crippen molar-refractivity contribution in [2.45, 2.75) is 0 Å². The van der Waals surface area contributed by atoms with E-state index in [9.17, 15) is 4.79 Å². The molecule has 3 N–H and O–H groups in total. The van der Waals surface area contributed by atoms with Crippen LogP contribution in [0, 0.1) is 0 Å². The van der Waals surface area contributed by atoms with E-state index in [-0.39, 0.29) is 0 Å². The van der Waals surface area contributed by atoms with Gasteiger partial charge in [0.05, 0.1) is 15.7 Å². The number of hydrogen-bond acceptors (Lipinski definition) is 3. The fraction of sp³-hybridized carbons (Fsp3) is 0.364. The van der Waals surface area contributed by atoms with E-state index in [4.69, 9.17) is 34.0 Å². The van der Waals surface area contributed by atoms with Gasteiger partial charge in [-0.3, -0.25) is 0 Å². The van der Waals surface area contributed by atoms with Crippen LogP contribution in [0.2, 0.25) is 10.0 Å². The molecule has 2 rings (SSSR count). The van der Waals surface area contributed by atoms with Crippen LogP contribution in [0.5, 0.6) is 0 Å². The Morgan fingerprint density at radius 2 is 1.67 bits per heavy atom. The molecular formula is C11H13Cl2N3O2. The second kappa shape index (κ2) is 5.12. The molecule has 1 aromatic carbocycles. The fourth-order valence-electron chi connectivity index (χ4n) is 2.01. The first-order valence-electron chi connectivity index (χ1n) is 5.46. The standard InChI is InChI=1S/C11H13Cl2N3O2/c12-8-5-7(14)6-9(13)10(8)15-1-3-16(4-2-15)11(17)18/h5-6H,1-4,14H2,(H,17,18). The zero-order valence-electron chi connectivity index (χ0n) is 9.57. The van der Waals surface area contributed by atoms with E-state index in [1.54, 1.807) is 12.1 Å². The lowest BCUT2D eigenvalue weighted by Crippen LogP contribution is -2.48. The van der Waals surface area contributed by atoms with Gasteiger partial charge in [-0.25, -0.2) is 4.79 Å². The number of nitrogens with zero attached hydrogens (tertiary/aromatic N) is 2. The highest BCUT2D eigenvalue weighted by Gasteiger charge is 2.23. The van der Waals surface area contributed by atoms with Gasteiger partial charge in [-0.1, -0.05) is 23.2 Å². The number of piperazine rings is 1. The predicted molar refractivity (Wildman–Crippen MR) is 72.7 cm³/mol. The normalized spacial score (nSPS) is 15.9. The van der Waals surface area contributed by atoms with Crippen LogP contribution in [0.25, 0.3) is 0 Å². The molecule has 18 heavy (non-hydrogen) atoms. The largest absolute Gasteiger partial charge is 0.465 e. The Balaban J connectivity index is 2.17. The second-order valence-electron chi connectivity index (χ2n) is 4.09. The van der Waals surface area contributed by atoms with E-state index < -0.39 is 6.09 Å². The number of hydrogen-bond donors (Lipinski definition) is 2. The summed E-state index contributed by atoms with van der Waals surface area (Å²) in [6, 6.07) is 3.29. The lowest BCUT2D eigenvalue weighted by atomic mass is 10.2. The van der Waals surface area contributed by atoms with Crippen LogP contribution in [0.4, 0.5) is 16.2 Å². The van der Waals surface area contributed by atoms with Crippen LogP contribution >= 0.6 is 23.2 Å². The molecule has 1 aromatic rings. The van der Waals surface area contributed by atoms with Crippen molar-refractivity contribution in [3.63, 3.8) is 0 Å². The van der Waals surface area contributed by atoms with Gasteiger partial charge in [0, 0.05) is 31.9 Å². The Hall–Kier alpha value is -1.33. The minimum Gasteiger partial charge on any atom is -0.465 e. The maximum absolute atomic E-state index is 10.8. The zero-order chi connectivity index (χ0) is 13.3. The molecule has 1 saturated heterocycles. The summed E-state index contributed by atoms with van der Waals surface area (Å²) in [5.74, 6) is 0. The molecule has 0 spiro atoms. The molecule has 7 heteroatoms. The maximum atomic E-state index is 10.8. The molecule has 0 atom stereocenters. The highest BCUT2D eigenvalue weighted by atomic mass is 35.5. The molecule has 0 aliphatic carbocycles. The molecular weight excluding hydrogens is 277 g/mol. The van der Waals surface area contributed by atoms with E-state index in [1.165, 1.54) is 4.90 Å². The Morgan fingerprint density at radius 3 is 2.11 bits per heavy atom. The van der Waals surface area contributed by atoms with E-state index in [1.807, 2.05) is 4.90 Å². The first-order chi connectivity index (χ1) is 8.49. The summed E-state index contributed by atoms with van der Waals surface area (Å²) in [4.78, 5) is 14.2. The number of amides is 1. The van der Waals surface area contributed by atoms with Crippen molar-refractivity contribution >= 4 is 40.7 Å². The molecule has 0 aromatic heterocycles. The number of carboxylic acid groups (broad SMARTS) is 1. The molecule has 0 unspecified atom stereocenters. The molecule has 1 heterocycles. The number of anilines is 2. The Morgan fingerprint density at radius 1 is 1.17 bits per heavy atom. The summed E-state index contributed by atoms with van der Waals surface area (Å²) < 4.78 is 0. The van der Waals surface area contributed by atoms with E-state index >= 15 is 0 Å². The number of nitrogens with two attached hydrogens (primary N) is 1. The molecule has 1 aliphatic rings. The van der Waals surface area contributed by atoms with Gasteiger partial charge in [0.1, 0.15) is 0 Å². The molecule has 0 bridgehead atoms. The van der Waals surface area contributed by atoms with Crippen molar-refractivity contribution in [2.24, 2.45) is 0 Å². The minimum absolute atomic E-state index is 0.437. The van der Waals surface area contributed by atoms with E-state index in [2.05, 4.69) is 0 Å². The van der Waals surface area contributed by atoms with E-state index in [0.717, 1.165) is 5.69 Å². The van der Waals surface area contributed by atoms with Crippen molar-refractivity contribution in [1.82, 2.24) is 4.90 Å². The highest BCUT2D eigenvalue weighted by molar-refractivity contribution is 6.39. The van der Waals surface area contributed by atoms with Crippen molar-refractivity contribution in [3.05, 3.63) is 22.2 Å². The van der Waals surface area contributed by atoms with E-state index in [0.29, 0.717) is 41.9 Å². The van der Waals surface area contributed by atoms with Crippen LogP contribution in [-0.4, -0.2) is 42.3 Å². The number of benzene rings is 1. The molecule has 1 amide bonds. The first kappa shape index (κ1) is 13.1. The summed E-state index contributed by atoms with van der Waals surface area (Å²) in [5, 5.41) is 9.86. The Bertz CT molecular complexity index is 450. The van der Waals surface area contributed by atoms with Crippen LogP contribution in [0.15, 0.2) is 12.1 Å². The monoisotopic (exact) mass is 289 g/mol. The molecule has 1 aliphatic heterocycles. The Labute approximate surface area is 115 Å². The molecule has 5 nitrogen and oxygen atoms in total. The minimum atomic E-state index is -0.899. The zero-order valence-corrected chi connectivity index (χ0v) is 11.1. The topological polar surface area (TPSA) is 69.8 Å². The van der Waals surface area contributed by atoms with Crippen LogP contribution < -0.4 is 10.6 Å². The fourth-order valence-corrected chi connectivity index (χ4v) is 2.75. The third-order valence-electron chi connectivity index (χ3n) is 2.91. The summed E-state index contributed by atoms with van der Waals surface area (Å²) in [6.07, 6.45) is -0.899. The lowest BCUT2D eigenvalue weighted by Gasteiger charge is -2.35. The van der Waals surface area contributed by atoms with Gasteiger partial charge in [-0.05, 0) is 12.1 Å².